The zero-order valence-corrected chi connectivity index (χ0v) is 13.3. The monoisotopic (exact) mass is 320 g/mol. The van der Waals surface area contributed by atoms with Crippen molar-refractivity contribution in [1.82, 2.24) is 4.90 Å². The number of piperidine rings is 1. The summed E-state index contributed by atoms with van der Waals surface area (Å²) in [6.45, 7) is 7.29. The summed E-state index contributed by atoms with van der Waals surface area (Å²) < 4.78 is 1.15. The molecule has 1 aliphatic heterocycles. The predicted octanol–water partition coefficient (Wildman–Crippen LogP) is 3.58. The highest BCUT2D eigenvalue weighted by molar-refractivity contribution is 9.10. The molecule has 2 nitrogen and oxygen atoms in total. The first kappa shape index (κ1) is 14.4. The van der Waals surface area contributed by atoms with Gasteiger partial charge in [-0.05, 0) is 49.9 Å². The summed E-state index contributed by atoms with van der Waals surface area (Å²) in [7, 11) is 0. The van der Waals surface area contributed by atoms with Crippen molar-refractivity contribution in [3.8, 4) is 12.3 Å². The van der Waals surface area contributed by atoms with Gasteiger partial charge in [-0.3, -0.25) is 4.90 Å². The summed E-state index contributed by atoms with van der Waals surface area (Å²) in [6, 6.07) is 4.90. The van der Waals surface area contributed by atoms with Crippen LogP contribution in [0.2, 0.25) is 0 Å². The van der Waals surface area contributed by atoms with E-state index in [2.05, 4.69) is 58.0 Å². The van der Waals surface area contributed by atoms with Gasteiger partial charge in [0.05, 0.1) is 6.54 Å². The number of terminal acetylenes is 1. The van der Waals surface area contributed by atoms with Crippen molar-refractivity contribution < 1.29 is 0 Å². The van der Waals surface area contributed by atoms with Crippen LogP contribution < -0.4 is 5.32 Å². The maximum Gasteiger partial charge on any atom is 0.0598 e. The van der Waals surface area contributed by atoms with Gasteiger partial charge in [-0.2, -0.15) is 0 Å². The van der Waals surface area contributed by atoms with E-state index >= 15 is 0 Å². The lowest BCUT2D eigenvalue weighted by atomic mass is 10.0. The summed E-state index contributed by atoms with van der Waals surface area (Å²) in [5.41, 5.74) is 3.90. The molecule has 0 aromatic heterocycles. The minimum absolute atomic E-state index is 0.563. The zero-order valence-electron chi connectivity index (χ0n) is 11.7. The molecule has 0 unspecified atom stereocenters. The van der Waals surface area contributed by atoms with Crippen LogP contribution in [0.25, 0.3) is 0 Å². The summed E-state index contributed by atoms with van der Waals surface area (Å²) >= 11 is 3.54. The highest BCUT2D eigenvalue weighted by atomic mass is 79.9. The van der Waals surface area contributed by atoms with Gasteiger partial charge in [-0.25, -0.2) is 0 Å². The molecule has 1 heterocycles. The normalized spacial score (nSPS) is 17.2. The van der Waals surface area contributed by atoms with Gasteiger partial charge in [-0.1, -0.05) is 21.9 Å². The van der Waals surface area contributed by atoms with Crippen LogP contribution in [0.15, 0.2) is 16.6 Å². The Bertz CT molecular complexity index is 459. The van der Waals surface area contributed by atoms with Crippen LogP contribution in [-0.2, 0) is 0 Å². The fourth-order valence-electron chi connectivity index (χ4n) is 2.71. The van der Waals surface area contributed by atoms with Crippen molar-refractivity contribution in [1.29, 1.82) is 0 Å². The van der Waals surface area contributed by atoms with Gasteiger partial charge in [-0.15, -0.1) is 6.42 Å². The minimum atomic E-state index is 0.563. The van der Waals surface area contributed by atoms with Crippen molar-refractivity contribution in [2.75, 3.05) is 25.0 Å². The second-order valence-corrected chi connectivity index (χ2v) is 6.23. The molecule has 2 rings (SSSR count). The quantitative estimate of drug-likeness (QED) is 0.856. The van der Waals surface area contributed by atoms with Crippen LogP contribution in [-0.4, -0.2) is 30.6 Å². The second kappa shape index (κ2) is 6.45. The molecule has 0 spiro atoms. The Morgan fingerprint density at radius 2 is 1.89 bits per heavy atom. The standard InChI is InChI=1S/C16H21BrN2/c1-4-7-19-8-5-15(6-9-19)18-16-12(2)10-14(17)11-13(16)3/h1,10-11,15,18H,5-9H2,2-3H3. The zero-order chi connectivity index (χ0) is 13.8. The summed E-state index contributed by atoms with van der Waals surface area (Å²) in [5, 5.41) is 3.71. The fraction of sp³-hybridized carbons (Fsp3) is 0.500. The average molecular weight is 321 g/mol. The van der Waals surface area contributed by atoms with Gasteiger partial charge in [0.1, 0.15) is 0 Å². The van der Waals surface area contributed by atoms with E-state index in [4.69, 9.17) is 6.42 Å². The molecule has 0 atom stereocenters. The highest BCUT2D eigenvalue weighted by Crippen LogP contribution is 2.27. The molecule has 1 N–H and O–H groups in total. The molecule has 0 radical (unpaired) electrons. The van der Waals surface area contributed by atoms with Gasteiger partial charge >= 0.3 is 0 Å². The average Bonchev–Trinajstić information content (AvgIpc) is 2.36. The Morgan fingerprint density at radius 3 is 2.42 bits per heavy atom. The number of anilines is 1. The van der Waals surface area contributed by atoms with Crippen LogP contribution in [0, 0.1) is 26.2 Å². The van der Waals surface area contributed by atoms with Gasteiger partial charge in [0, 0.05) is 29.3 Å². The fourth-order valence-corrected chi connectivity index (χ4v) is 3.39. The van der Waals surface area contributed by atoms with E-state index in [1.54, 1.807) is 0 Å². The molecule has 19 heavy (non-hydrogen) atoms. The third-order valence-electron chi connectivity index (χ3n) is 3.75. The number of aryl methyl sites for hydroxylation is 2. The highest BCUT2D eigenvalue weighted by Gasteiger charge is 2.19. The molecule has 0 aliphatic carbocycles. The molecule has 1 aliphatic rings. The molecule has 0 bridgehead atoms. The number of benzene rings is 1. The molecular weight excluding hydrogens is 300 g/mol. The largest absolute Gasteiger partial charge is 0.382 e. The first-order chi connectivity index (χ1) is 9.10. The number of hydrogen-bond donors (Lipinski definition) is 1. The summed E-state index contributed by atoms with van der Waals surface area (Å²) in [5.74, 6) is 2.73. The van der Waals surface area contributed by atoms with Crippen molar-refractivity contribution in [3.63, 3.8) is 0 Å². The number of nitrogens with zero attached hydrogens (tertiary/aromatic N) is 1. The molecule has 1 saturated heterocycles. The third kappa shape index (κ3) is 3.75. The molecule has 1 aromatic rings. The first-order valence-corrected chi connectivity index (χ1v) is 7.58. The SMILES string of the molecule is C#CCN1CCC(Nc2c(C)cc(Br)cc2C)CC1. The van der Waals surface area contributed by atoms with Crippen LogP contribution in [0.1, 0.15) is 24.0 Å². The van der Waals surface area contributed by atoms with E-state index < -0.39 is 0 Å². The van der Waals surface area contributed by atoms with Crippen molar-refractivity contribution in [2.24, 2.45) is 0 Å². The molecule has 0 saturated carbocycles. The Hall–Kier alpha value is -0.980. The minimum Gasteiger partial charge on any atom is -0.382 e. The van der Waals surface area contributed by atoms with Crippen molar-refractivity contribution in [3.05, 3.63) is 27.7 Å². The van der Waals surface area contributed by atoms with E-state index in [1.807, 2.05) is 0 Å². The van der Waals surface area contributed by atoms with Gasteiger partial charge in [0.25, 0.3) is 0 Å². The van der Waals surface area contributed by atoms with Crippen LogP contribution in [0.5, 0.6) is 0 Å². The maximum atomic E-state index is 5.36. The maximum absolute atomic E-state index is 5.36. The van der Waals surface area contributed by atoms with Crippen LogP contribution >= 0.6 is 15.9 Å². The molecule has 1 fully saturated rings. The third-order valence-corrected chi connectivity index (χ3v) is 4.21. The van der Waals surface area contributed by atoms with Crippen molar-refractivity contribution >= 4 is 21.6 Å². The summed E-state index contributed by atoms with van der Waals surface area (Å²) in [6.07, 6.45) is 7.69. The van der Waals surface area contributed by atoms with E-state index in [0.717, 1.165) is 36.9 Å². The second-order valence-electron chi connectivity index (χ2n) is 5.31. The van der Waals surface area contributed by atoms with Gasteiger partial charge in [0.15, 0.2) is 0 Å². The smallest absolute Gasteiger partial charge is 0.0598 e. The number of halogens is 1. The summed E-state index contributed by atoms with van der Waals surface area (Å²) in [4.78, 5) is 2.35. The lowest BCUT2D eigenvalue weighted by Gasteiger charge is -2.32. The Balaban J connectivity index is 1.98. The Kier molecular flexibility index (Phi) is 4.90. The molecule has 1 aromatic carbocycles. The molecule has 3 heteroatoms. The number of hydrogen-bond acceptors (Lipinski definition) is 2. The van der Waals surface area contributed by atoms with Crippen LogP contribution in [0.4, 0.5) is 5.69 Å². The van der Waals surface area contributed by atoms with E-state index in [1.165, 1.54) is 16.8 Å². The van der Waals surface area contributed by atoms with E-state index in [0.29, 0.717) is 6.04 Å². The molecular formula is C16H21BrN2. The number of nitrogens with one attached hydrogen (secondary N) is 1. The van der Waals surface area contributed by atoms with Gasteiger partial charge in [0.2, 0.25) is 0 Å². The molecule has 102 valence electrons. The number of likely N-dealkylation sites (tertiary alicyclic amines) is 1. The Labute approximate surface area is 124 Å². The van der Waals surface area contributed by atoms with Crippen molar-refractivity contribution in [2.45, 2.75) is 32.7 Å². The molecule has 0 amide bonds. The van der Waals surface area contributed by atoms with Gasteiger partial charge < -0.3 is 5.32 Å². The number of rotatable bonds is 3. The Morgan fingerprint density at radius 1 is 1.32 bits per heavy atom. The topological polar surface area (TPSA) is 15.3 Å². The lowest BCUT2D eigenvalue weighted by molar-refractivity contribution is 0.243. The van der Waals surface area contributed by atoms with E-state index in [9.17, 15) is 0 Å². The predicted molar refractivity (Wildman–Crippen MR) is 85.5 cm³/mol. The van der Waals surface area contributed by atoms with Crippen LogP contribution in [0.3, 0.4) is 0 Å². The lowest BCUT2D eigenvalue weighted by Crippen LogP contribution is -2.39. The van der Waals surface area contributed by atoms with E-state index in [-0.39, 0.29) is 0 Å². The first-order valence-electron chi connectivity index (χ1n) is 6.79.